The minimum atomic E-state index is -0.641. The fraction of sp³-hybridized carbons (Fsp3) is 0.348. The van der Waals surface area contributed by atoms with E-state index in [9.17, 15) is 19.5 Å². The zero-order chi connectivity index (χ0) is 22.1. The van der Waals surface area contributed by atoms with Gasteiger partial charge in [-0.2, -0.15) is 0 Å². The summed E-state index contributed by atoms with van der Waals surface area (Å²) in [4.78, 5) is 38.3. The van der Waals surface area contributed by atoms with Crippen molar-refractivity contribution in [1.29, 1.82) is 0 Å². The highest BCUT2D eigenvalue weighted by Crippen LogP contribution is 2.18. The number of carbonyl (C=O) groups is 3. The average Bonchev–Trinajstić information content (AvgIpc) is 2.73. The van der Waals surface area contributed by atoms with E-state index in [-0.39, 0.29) is 24.0 Å². The van der Waals surface area contributed by atoms with Gasteiger partial charge in [-0.05, 0) is 38.9 Å². The molecule has 7 heteroatoms. The number of likely N-dealkylation sites (N-methyl/N-ethyl adjacent to an activating group) is 1. The maximum absolute atomic E-state index is 12.4. The predicted octanol–water partition coefficient (Wildman–Crippen LogP) is 1.65. The van der Waals surface area contributed by atoms with Crippen LogP contribution in [0, 0.1) is 0 Å². The van der Waals surface area contributed by atoms with Crippen molar-refractivity contribution in [1.82, 2.24) is 15.5 Å². The molecule has 0 heterocycles. The lowest BCUT2D eigenvalue weighted by Gasteiger charge is -2.24. The van der Waals surface area contributed by atoms with E-state index >= 15 is 0 Å². The van der Waals surface area contributed by atoms with E-state index in [0.717, 1.165) is 5.56 Å². The number of ketones is 1. The van der Waals surface area contributed by atoms with Gasteiger partial charge in [0.2, 0.25) is 11.8 Å². The summed E-state index contributed by atoms with van der Waals surface area (Å²) in [7, 11) is 1.77. The maximum atomic E-state index is 12.4. The largest absolute Gasteiger partial charge is 0.508 e. The first kappa shape index (κ1) is 23.1. The molecule has 0 aliphatic rings. The lowest BCUT2D eigenvalue weighted by Crippen LogP contribution is -2.49. The van der Waals surface area contributed by atoms with E-state index in [1.54, 1.807) is 37.1 Å². The number of Topliss-reactive ketones (excluding diaryl/α,β-unsaturated/α-hetero) is 1. The highest BCUT2D eigenvalue weighted by molar-refractivity contribution is 5.91. The monoisotopic (exact) mass is 411 g/mol. The van der Waals surface area contributed by atoms with Crippen LogP contribution in [0.25, 0.3) is 0 Å². The van der Waals surface area contributed by atoms with Gasteiger partial charge in [0, 0.05) is 12.1 Å². The number of phenolic OH excluding ortho intramolecular Hbond substituents is 1. The molecule has 30 heavy (non-hydrogen) atoms. The molecule has 0 saturated carbocycles. The number of aromatic hydroxyl groups is 1. The van der Waals surface area contributed by atoms with Crippen LogP contribution in [0.15, 0.2) is 54.6 Å². The summed E-state index contributed by atoms with van der Waals surface area (Å²) in [5, 5.41) is 15.2. The van der Waals surface area contributed by atoms with E-state index < -0.39 is 18.0 Å². The van der Waals surface area contributed by atoms with E-state index in [2.05, 4.69) is 10.6 Å². The van der Waals surface area contributed by atoms with Gasteiger partial charge in [0.05, 0.1) is 18.6 Å². The van der Waals surface area contributed by atoms with Crippen LogP contribution in [0.3, 0.4) is 0 Å². The number of amides is 2. The Kier molecular flexibility index (Phi) is 8.55. The van der Waals surface area contributed by atoms with Crippen LogP contribution in [-0.2, 0) is 27.3 Å². The Balaban J connectivity index is 1.84. The first-order valence-corrected chi connectivity index (χ1v) is 9.86. The van der Waals surface area contributed by atoms with Gasteiger partial charge in [0.1, 0.15) is 5.75 Å². The Labute approximate surface area is 177 Å². The van der Waals surface area contributed by atoms with Crippen LogP contribution < -0.4 is 10.6 Å². The highest BCUT2D eigenvalue weighted by atomic mass is 16.3. The molecule has 0 saturated heterocycles. The van der Waals surface area contributed by atoms with Crippen LogP contribution in [0.2, 0.25) is 0 Å². The second-order valence-corrected chi connectivity index (χ2v) is 7.36. The fourth-order valence-corrected chi connectivity index (χ4v) is 2.96. The smallest absolute Gasteiger partial charge is 0.239 e. The Hall–Kier alpha value is -3.19. The molecule has 3 N–H and O–H groups in total. The molecule has 7 nitrogen and oxygen atoms in total. The molecule has 2 aromatic carbocycles. The summed E-state index contributed by atoms with van der Waals surface area (Å²) < 4.78 is 0. The summed E-state index contributed by atoms with van der Waals surface area (Å²) >= 11 is 0. The van der Waals surface area contributed by atoms with Gasteiger partial charge in [-0.25, -0.2) is 0 Å². The quantitative estimate of drug-likeness (QED) is 0.552. The van der Waals surface area contributed by atoms with E-state index in [1.165, 1.54) is 6.92 Å². The number of benzene rings is 2. The molecule has 2 amide bonds. The summed E-state index contributed by atoms with van der Waals surface area (Å²) in [6, 6.07) is 15.2. The Morgan fingerprint density at radius 2 is 1.67 bits per heavy atom. The van der Waals surface area contributed by atoms with Crippen LogP contribution >= 0.6 is 0 Å². The molecule has 0 unspecified atom stereocenters. The van der Waals surface area contributed by atoms with Gasteiger partial charge < -0.3 is 15.7 Å². The molecule has 0 spiro atoms. The van der Waals surface area contributed by atoms with Crippen molar-refractivity contribution in [2.45, 2.75) is 38.9 Å². The number of nitrogens with one attached hydrogen (secondary N) is 2. The summed E-state index contributed by atoms with van der Waals surface area (Å²) in [5.41, 5.74) is 1.66. The van der Waals surface area contributed by atoms with Crippen molar-refractivity contribution in [2.75, 3.05) is 13.6 Å². The summed E-state index contributed by atoms with van der Waals surface area (Å²) in [5.74, 6) is -0.708. The number of phenols is 1. The zero-order valence-corrected chi connectivity index (χ0v) is 17.6. The van der Waals surface area contributed by atoms with Crippen molar-refractivity contribution >= 4 is 17.6 Å². The minimum absolute atomic E-state index is 0.144. The second-order valence-electron chi connectivity index (χ2n) is 7.36. The molecule has 0 aromatic heterocycles. The van der Waals surface area contributed by atoms with Gasteiger partial charge in [0.15, 0.2) is 5.78 Å². The Morgan fingerprint density at radius 1 is 1.03 bits per heavy atom. The van der Waals surface area contributed by atoms with Gasteiger partial charge in [0.25, 0.3) is 0 Å². The molecule has 0 fully saturated rings. The molecule has 2 rings (SSSR count). The summed E-state index contributed by atoms with van der Waals surface area (Å²) in [6.45, 7) is 3.33. The average molecular weight is 412 g/mol. The molecule has 0 bridgehead atoms. The lowest BCUT2D eigenvalue weighted by atomic mass is 10.0. The third kappa shape index (κ3) is 7.00. The number of nitrogens with zero attached hydrogens (tertiary/aromatic N) is 1. The topological polar surface area (TPSA) is 98.7 Å². The molecular weight excluding hydrogens is 382 g/mol. The number of hydrogen-bond donors (Lipinski definition) is 3. The molecule has 2 aromatic rings. The third-order valence-electron chi connectivity index (χ3n) is 4.98. The van der Waals surface area contributed by atoms with E-state index in [1.807, 2.05) is 36.4 Å². The van der Waals surface area contributed by atoms with Crippen molar-refractivity contribution in [3.05, 3.63) is 65.7 Å². The van der Waals surface area contributed by atoms with Crippen LogP contribution in [0.5, 0.6) is 5.75 Å². The molecule has 0 radical (unpaired) electrons. The van der Waals surface area contributed by atoms with Crippen molar-refractivity contribution in [3.8, 4) is 5.75 Å². The van der Waals surface area contributed by atoms with Crippen molar-refractivity contribution in [2.24, 2.45) is 0 Å². The number of carbonyl (C=O) groups excluding carboxylic acids is 3. The normalized spacial score (nSPS) is 12.8. The molecular formula is C23H29N3O4. The number of rotatable bonds is 10. The Morgan fingerprint density at radius 3 is 2.30 bits per heavy atom. The third-order valence-corrected chi connectivity index (χ3v) is 4.98. The molecule has 160 valence electrons. The molecule has 0 aliphatic carbocycles. The molecule has 2 atom stereocenters. The van der Waals surface area contributed by atoms with Gasteiger partial charge in [-0.1, -0.05) is 48.5 Å². The zero-order valence-electron chi connectivity index (χ0n) is 17.6. The minimum Gasteiger partial charge on any atom is -0.508 e. The van der Waals surface area contributed by atoms with Crippen LogP contribution in [0.1, 0.15) is 25.0 Å². The first-order valence-electron chi connectivity index (χ1n) is 9.86. The van der Waals surface area contributed by atoms with Crippen LogP contribution in [-0.4, -0.2) is 53.3 Å². The van der Waals surface area contributed by atoms with Crippen molar-refractivity contribution in [3.63, 3.8) is 0 Å². The standard InChI is InChI=1S/C23H29N3O4/c1-16(26(3)15-19-11-7-8-12-21(19)28)23(30)24-14-22(29)25-20(17(2)27)13-18-9-5-4-6-10-18/h4-12,16,20,28H,13-15H2,1-3H3,(H,24,30)(H,25,29)/t16-,20-/m0/s1. The second kappa shape index (κ2) is 11.1. The lowest BCUT2D eigenvalue weighted by molar-refractivity contribution is -0.130. The Bertz CT molecular complexity index is 870. The van der Waals surface area contributed by atoms with E-state index in [4.69, 9.17) is 0 Å². The first-order chi connectivity index (χ1) is 14.3. The van der Waals surface area contributed by atoms with E-state index in [0.29, 0.717) is 18.5 Å². The number of hydrogen-bond acceptors (Lipinski definition) is 5. The SMILES string of the molecule is CC(=O)[C@H](Cc1ccccc1)NC(=O)CNC(=O)[C@H](C)N(C)Cc1ccccc1O. The fourth-order valence-electron chi connectivity index (χ4n) is 2.96. The highest BCUT2D eigenvalue weighted by Gasteiger charge is 2.21. The van der Waals surface area contributed by atoms with Crippen molar-refractivity contribution < 1.29 is 19.5 Å². The summed E-state index contributed by atoms with van der Waals surface area (Å²) in [6.07, 6.45) is 0.398. The van der Waals surface area contributed by atoms with Gasteiger partial charge >= 0.3 is 0 Å². The van der Waals surface area contributed by atoms with Gasteiger partial charge in [-0.15, -0.1) is 0 Å². The van der Waals surface area contributed by atoms with Gasteiger partial charge in [-0.3, -0.25) is 19.3 Å². The molecule has 0 aliphatic heterocycles. The predicted molar refractivity (Wildman–Crippen MR) is 115 cm³/mol. The van der Waals surface area contributed by atoms with Crippen LogP contribution in [0.4, 0.5) is 0 Å². The number of para-hydroxylation sites is 1. The maximum Gasteiger partial charge on any atom is 0.239 e.